The predicted octanol–water partition coefficient (Wildman–Crippen LogP) is 2.38. The minimum Gasteiger partial charge on any atom is -0.465 e. The average Bonchev–Trinajstić information content (AvgIpc) is 2.81. The third kappa shape index (κ3) is 2.51. The van der Waals surface area contributed by atoms with E-state index in [1.54, 1.807) is 6.20 Å². The lowest BCUT2D eigenvalue weighted by Crippen LogP contribution is -2.40. The van der Waals surface area contributed by atoms with Crippen molar-refractivity contribution in [2.45, 2.75) is 19.4 Å². The Morgan fingerprint density at radius 1 is 1.39 bits per heavy atom. The van der Waals surface area contributed by atoms with Gasteiger partial charge in [-0.3, -0.25) is 0 Å². The molecule has 2 aromatic rings. The van der Waals surface area contributed by atoms with Crippen molar-refractivity contribution >= 4 is 6.09 Å². The number of amides is 1. The first-order valence-corrected chi connectivity index (χ1v) is 5.60. The molecule has 5 heteroatoms. The fourth-order valence-electron chi connectivity index (χ4n) is 1.78. The van der Waals surface area contributed by atoms with Gasteiger partial charge >= 0.3 is 6.09 Å². The van der Waals surface area contributed by atoms with Crippen LogP contribution >= 0.6 is 0 Å². The van der Waals surface area contributed by atoms with Gasteiger partial charge in [0.15, 0.2) is 0 Å². The summed E-state index contributed by atoms with van der Waals surface area (Å²) in [5, 5.41) is 11.3. The molecule has 0 atom stereocenters. The summed E-state index contributed by atoms with van der Waals surface area (Å²) in [7, 11) is 0. The Labute approximate surface area is 105 Å². The van der Waals surface area contributed by atoms with Gasteiger partial charge in [0, 0.05) is 18.6 Å². The van der Waals surface area contributed by atoms with Crippen LogP contribution in [0.25, 0.3) is 5.82 Å². The maximum atomic E-state index is 10.8. The lowest BCUT2D eigenvalue weighted by molar-refractivity contribution is 0.182. The van der Waals surface area contributed by atoms with E-state index in [-0.39, 0.29) is 0 Å². The van der Waals surface area contributed by atoms with Crippen LogP contribution in [-0.4, -0.2) is 20.8 Å². The zero-order valence-corrected chi connectivity index (χ0v) is 10.3. The summed E-state index contributed by atoms with van der Waals surface area (Å²) in [5.74, 6) is 0.762. The van der Waals surface area contributed by atoms with Gasteiger partial charge in [-0.05, 0) is 43.7 Å². The first-order chi connectivity index (χ1) is 8.49. The van der Waals surface area contributed by atoms with Crippen LogP contribution in [0.5, 0.6) is 0 Å². The van der Waals surface area contributed by atoms with Gasteiger partial charge in [-0.25, -0.2) is 9.78 Å². The molecule has 0 saturated heterocycles. The Bertz CT molecular complexity index is 547. The molecule has 94 valence electrons. The van der Waals surface area contributed by atoms with Crippen molar-refractivity contribution in [3.8, 4) is 5.82 Å². The maximum absolute atomic E-state index is 10.8. The van der Waals surface area contributed by atoms with Gasteiger partial charge in [-0.1, -0.05) is 0 Å². The van der Waals surface area contributed by atoms with Crippen LogP contribution in [0.2, 0.25) is 0 Å². The molecule has 0 fully saturated rings. The summed E-state index contributed by atoms with van der Waals surface area (Å²) in [4.78, 5) is 15.0. The monoisotopic (exact) mass is 245 g/mol. The number of aromatic nitrogens is 2. The van der Waals surface area contributed by atoms with Gasteiger partial charge in [0.25, 0.3) is 0 Å². The Morgan fingerprint density at radius 3 is 2.67 bits per heavy atom. The van der Waals surface area contributed by atoms with Crippen LogP contribution < -0.4 is 5.32 Å². The van der Waals surface area contributed by atoms with Crippen LogP contribution in [-0.2, 0) is 5.54 Å². The van der Waals surface area contributed by atoms with Crippen molar-refractivity contribution in [2.75, 3.05) is 0 Å². The topological polar surface area (TPSA) is 67.2 Å². The number of rotatable bonds is 3. The van der Waals surface area contributed by atoms with Gasteiger partial charge in [0.2, 0.25) is 0 Å². The van der Waals surface area contributed by atoms with E-state index < -0.39 is 11.6 Å². The van der Waals surface area contributed by atoms with E-state index in [1.165, 1.54) is 0 Å². The molecular weight excluding hydrogens is 230 g/mol. The normalized spacial score (nSPS) is 11.2. The second-order valence-electron chi connectivity index (χ2n) is 4.55. The fourth-order valence-corrected chi connectivity index (χ4v) is 1.78. The number of carbonyl (C=O) groups is 1. The Morgan fingerprint density at radius 2 is 2.06 bits per heavy atom. The van der Waals surface area contributed by atoms with Gasteiger partial charge < -0.3 is 15.0 Å². The standard InChI is InChI=1S/C13H15N3O2/c1-13(2,15-12(17)18)10-5-6-14-11(9-10)16-7-3-4-8-16/h3-9,15H,1-2H3,(H,17,18). The second-order valence-corrected chi connectivity index (χ2v) is 4.55. The van der Waals surface area contributed by atoms with Crippen LogP contribution in [0.3, 0.4) is 0 Å². The van der Waals surface area contributed by atoms with Gasteiger partial charge in [0.05, 0.1) is 5.54 Å². The van der Waals surface area contributed by atoms with Crippen molar-refractivity contribution in [1.82, 2.24) is 14.9 Å². The van der Waals surface area contributed by atoms with E-state index in [4.69, 9.17) is 5.11 Å². The minimum absolute atomic E-state index is 0.656. The van der Waals surface area contributed by atoms with Crippen molar-refractivity contribution in [3.63, 3.8) is 0 Å². The average molecular weight is 245 g/mol. The van der Waals surface area contributed by atoms with Crippen LogP contribution in [0.1, 0.15) is 19.4 Å². The minimum atomic E-state index is -1.04. The van der Waals surface area contributed by atoms with Crippen molar-refractivity contribution < 1.29 is 9.90 Å². The first-order valence-electron chi connectivity index (χ1n) is 5.60. The van der Waals surface area contributed by atoms with Gasteiger partial charge in [-0.2, -0.15) is 0 Å². The number of carboxylic acid groups (broad SMARTS) is 1. The molecule has 0 aliphatic rings. The largest absolute Gasteiger partial charge is 0.465 e. The molecule has 2 rings (SSSR count). The number of pyridine rings is 1. The van der Waals surface area contributed by atoms with Crippen molar-refractivity contribution in [1.29, 1.82) is 0 Å². The molecule has 0 unspecified atom stereocenters. The van der Waals surface area contributed by atoms with E-state index in [9.17, 15) is 4.79 Å². The van der Waals surface area contributed by atoms with Crippen molar-refractivity contribution in [2.24, 2.45) is 0 Å². The predicted molar refractivity (Wildman–Crippen MR) is 67.8 cm³/mol. The summed E-state index contributed by atoms with van der Waals surface area (Å²) in [5.41, 5.74) is 0.208. The molecule has 2 aromatic heterocycles. The molecule has 0 aliphatic heterocycles. The molecule has 0 aromatic carbocycles. The highest BCUT2D eigenvalue weighted by atomic mass is 16.4. The zero-order chi connectivity index (χ0) is 13.2. The Hall–Kier alpha value is -2.30. The van der Waals surface area contributed by atoms with Gasteiger partial charge in [-0.15, -0.1) is 0 Å². The molecule has 0 saturated carbocycles. The molecular formula is C13H15N3O2. The van der Waals surface area contributed by atoms with E-state index in [1.807, 2.05) is 55.1 Å². The van der Waals surface area contributed by atoms with Crippen LogP contribution in [0.15, 0.2) is 42.9 Å². The van der Waals surface area contributed by atoms with Crippen LogP contribution in [0, 0.1) is 0 Å². The highest BCUT2D eigenvalue weighted by molar-refractivity contribution is 5.66. The summed E-state index contributed by atoms with van der Waals surface area (Å²) >= 11 is 0. The molecule has 1 amide bonds. The van der Waals surface area contributed by atoms with E-state index in [0.29, 0.717) is 0 Å². The highest BCUT2D eigenvalue weighted by Gasteiger charge is 2.23. The molecule has 18 heavy (non-hydrogen) atoms. The third-order valence-electron chi connectivity index (χ3n) is 2.76. The molecule has 0 radical (unpaired) electrons. The van der Waals surface area contributed by atoms with E-state index in [0.717, 1.165) is 11.4 Å². The van der Waals surface area contributed by atoms with Gasteiger partial charge in [0.1, 0.15) is 5.82 Å². The van der Waals surface area contributed by atoms with Crippen molar-refractivity contribution in [3.05, 3.63) is 48.4 Å². The molecule has 5 nitrogen and oxygen atoms in total. The lowest BCUT2D eigenvalue weighted by Gasteiger charge is -2.25. The quantitative estimate of drug-likeness (QED) is 0.872. The zero-order valence-electron chi connectivity index (χ0n) is 10.3. The van der Waals surface area contributed by atoms with Crippen LogP contribution in [0.4, 0.5) is 4.79 Å². The summed E-state index contributed by atoms with van der Waals surface area (Å²) in [6.07, 6.45) is 4.42. The SMILES string of the molecule is CC(C)(NC(=O)O)c1ccnc(-n2cccc2)c1. The number of nitrogens with one attached hydrogen (secondary N) is 1. The summed E-state index contributed by atoms with van der Waals surface area (Å²) in [6.45, 7) is 3.63. The molecule has 0 bridgehead atoms. The summed E-state index contributed by atoms with van der Waals surface area (Å²) in [6, 6.07) is 7.50. The molecule has 2 N–H and O–H groups in total. The number of hydrogen-bond donors (Lipinski definition) is 2. The maximum Gasteiger partial charge on any atom is 0.405 e. The smallest absolute Gasteiger partial charge is 0.405 e. The summed E-state index contributed by atoms with van der Waals surface area (Å²) < 4.78 is 1.88. The van der Waals surface area contributed by atoms with E-state index >= 15 is 0 Å². The molecule has 2 heterocycles. The second kappa shape index (κ2) is 4.52. The Kier molecular flexibility index (Phi) is 3.06. The first kappa shape index (κ1) is 12.2. The number of hydrogen-bond acceptors (Lipinski definition) is 2. The lowest BCUT2D eigenvalue weighted by atomic mass is 9.95. The van der Waals surface area contributed by atoms with E-state index in [2.05, 4.69) is 10.3 Å². The third-order valence-corrected chi connectivity index (χ3v) is 2.76. The molecule has 0 spiro atoms. The Balaban J connectivity index is 2.35. The molecule has 0 aliphatic carbocycles. The number of nitrogens with zero attached hydrogens (tertiary/aromatic N) is 2. The fraction of sp³-hybridized carbons (Fsp3) is 0.231. The highest BCUT2D eigenvalue weighted by Crippen LogP contribution is 2.21.